The Hall–Kier alpha value is -2.35. The molecular formula is C16H19NO6S. The lowest BCUT2D eigenvalue weighted by atomic mass is 10.1. The van der Waals surface area contributed by atoms with E-state index in [-0.39, 0.29) is 17.0 Å². The van der Waals surface area contributed by atoms with Gasteiger partial charge in [0, 0.05) is 0 Å². The SMILES string of the molecule is COC(=O)c1ccc2c(c1)S(=O)(=O)N(C(=O)OC(C)(C)C)CC=C2. The molecule has 1 heterocycles. The highest BCUT2D eigenvalue weighted by Gasteiger charge is 2.35. The van der Waals surface area contributed by atoms with Crippen molar-refractivity contribution >= 4 is 28.2 Å². The molecule has 1 aliphatic rings. The zero-order valence-corrected chi connectivity index (χ0v) is 14.7. The normalized spacial score (nSPS) is 16.1. The van der Waals surface area contributed by atoms with Gasteiger partial charge in [-0.05, 0) is 38.5 Å². The second-order valence-electron chi connectivity index (χ2n) is 6.16. The summed E-state index contributed by atoms with van der Waals surface area (Å²) in [5.41, 5.74) is -0.368. The smallest absolute Gasteiger partial charge is 0.424 e. The van der Waals surface area contributed by atoms with Crippen LogP contribution in [0.1, 0.15) is 36.7 Å². The Labute approximate surface area is 140 Å². The summed E-state index contributed by atoms with van der Waals surface area (Å²) in [6.45, 7) is 4.79. The molecule has 0 unspecified atom stereocenters. The van der Waals surface area contributed by atoms with E-state index in [1.165, 1.54) is 25.3 Å². The lowest BCUT2D eigenvalue weighted by Gasteiger charge is -2.26. The quantitative estimate of drug-likeness (QED) is 0.720. The predicted octanol–water partition coefficient (Wildman–Crippen LogP) is 2.43. The number of methoxy groups -OCH3 is 1. The number of esters is 1. The molecule has 0 atom stereocenters. The van der Waals surface area contributed by atoms with E-state index in [1.54, 1.807) is 32.9 Å². The van der Waals surface area contributed by atoms with E-state index >= 15 is 0 Å². The summed E-state index contributed by atoms with van der Waals surface area (Å²) in [5.74, 6) is -0.662. The number of ether oxygens (including phenoxy) is 2. The van der Waals surface area contributed by atoms with Crippen molar-refractivity contribution < 1.29 is 27.5 Å². The first-order chi connectivity index (χ1) is 11.1. The third-order valence-electron chi connectivity index (χ3n) is 3.17. The molecule has 0 saturated carbocycles. The van der Waals surface area contributed by atoms with Crippen LogP contribution in [-0.4, -0.2) is 44.0 Å². The number of hydrogen-bond donors (Lipinski definition) is 0. The molecule has 0 radical (unpaired) electrons. The summed E-state index contributed by atoms with van der Waals surface area (Å²) < 4.78 is 36.1. The monoisotopic (exact) mass is 353 g/mol. The van der Waals surface area contributed by atoms with Crippen molar-refractivity contribution in [1.29, 1.82) is 0 Å². The number of benzene rings is 1. The standard InChI is InChI=1S/C16H19NO6S/c1-16(2,3)23-15(19)17-9-5-6-11-7-8-12(14(18)22-4)10-13(11)24(17,20)21/h5-8,10H,9H2,1-4H3. The Morgan fingerprint density at radius 2 is 1.88 bits per heavy atom. The number of rotatable bonds is 1. The molecule has 1 aliphatic heterocycles. The number of hydrogen-bond acceptors (Lipinski definition) is 6. The molecule has 0 N–H and O–H groups in total. The molecule has 0 spiro atoms. The number of sulfonamides is 1. The van der Waals surface area contributed by atoms with Gasteiger partial charge in [-0.15, -0.1) is 0 Å². The van der Waals surface area contributed by atoms with Crippen molar-refractivity contribution in [3.63, 3.8) is 0 Å². The summed E-state index contributed by atoms with van der Waals surface area (Å²) in [4.78, 5) is 23.8. The summed E-state index contributed by atoms with van der Waals surface area (Å²) in [6.07, 6.45) is 2.16. The second kappa shape index (κ2) is 6.27. The van der Waals surface area contributed by atoms with Gasteiger partial charge in [0.2, 0.25) is 0 Å². The van der Waals surface area contributed by atoms with E-state index in [0.29, 0.717) is 9.87 Å². The van der Waals surface area contributed by atoms with E-state index in [9.17, 15) is 18.0 Å². The fourth-order valence-corrected chi connectivity index (χ4v) is 3.58. The Kier molecular flexibility index (Phi) is 4.70. The van der Waals surface area contributed by atoms with Crippen LogP contribution in [0, 0.1) is 0 Å². The Balaban J connectivity index is 2.51. The highest BCUT2D eigenvalue weighted by atomic mass is 32.2. The predicted molar refractivity (Wildman–Crippen MR) is 86.9 cm³/mol. The van der Waals surface area contributed by atoms with Gasteiger partial charge < -0.3 is 9.47 Å². The molecule has 0 saturated heterocycles. The molecule has 8 heteroatoms. The number of carbonyl (C=O) groups excluding carboxylic acids is 2. The van der Waals surface area contributed by atoms with E-state index in [4.69, 9.17) is 4.74 Å². The highest BCUT2D eigenvalue weighted by Crippen LogP contribution is 2.27. The largest absolute Gasteiger partial charge is 0.465 e. The van der Waals surface area contributed by atoms with Gasteiger partial charge in [0.15, 0.2) is 0 Å². The molecule has 1 amide bonds. The van der Waals surface area contributed by atoms with Crippen LogP contribution < -0.4 is 0 Å². The van der Waals surface area contributed by atoms with Gasteiger partial charge >= 0.3 is 12.1 Å². The van der Waals surface area contributed by atoms with Gasteiger partial charge in [0.25, 0.3) is 10.0 Å². The van der Waals surface area contributed by atoms with Crippen molar-refractivity contribution in [3.05, 3.63) is 35.4 Å². The zero-order chi connectivity index (χ0) is 18.1. The third-order valence-corrected chi connectivity index (χ3v) is 4.96. The maximum Gasteiger partial charge on any atom is 0.424 e. The lowest BCUT2D eigenvalue weighted by molar-refractivity contribution is 0.0404. The molecule has 0 fully saturated rings. The first-order valence-electron chi connectivity index (χ1n) is 7.21. The highest BCUT2D eigenvalue weighted by molar-refractivity contribution is 7.89. The maximum absolute atomic E-state index is 12.8. The van der Waals surface area contributed by atoms with Crippen molar-refractivity contribution in [1.82, 2.24) is 4.31 Å². The Bertz CT molecular complexity index is 804. The summed E-state index contributed by atoms with van der Waals surface area (Å²) in [6, 6.07) is 4.16. The molecule has 0 aromatic heterocycles. The Morgan fingerprint density at radius 1 is 1.21 bits per heavy atom. The van der Waals surface area contributed by atoms with Crippen LogP contribution in [0.4, 0.5) is 4.79 Å². The van der Waals surface area contributed by atoms with Crippen LogP contribution in [0.2, 0.25) is 0 Å². The molecule has 2 rings (SSSR count). The first kappa shape index (κ1) is 18.0. The van der Waals surface area contributed by atoms with Gasteiger partial charge in [-0.3, -0.25) is 0 Å². The summed E-state index contributed by atoms with van der Waals surface area (Å²) in [5, 5.41) is 0. The molecule has 1 aromatic carbocycles. The van der Waals surface area contributed by atoms with E-state index in [1.807, 2.05) is 0 Å². The van der Waals surface area contributed by atoms with Crippen LogP contribution in [0.3, 0.4) is 0 Å². The Morgan fingerprint density at radius 3 is 2.46 bits per heavy atom. The average Bonchev–Trinajstić information content (AvgIpc) is 2.60. The average molecular weight is 353 g/mol. The minimum Gasteiger partial charge on any atom is -0.465 e. The number of nitrogens with zero attached hydrogens (tertiary/aromatic N) is 1. The van der Waals surface area contributed by atoms with Gasteiger partial charge in [-0.25, -0.2) is 18.0 Å². The lowest BCUT2D eigenvalue weighted by Crippen LogP contribution is -2.40. The minimum absolute atomic E-state index is 0.0827. The second-order valence-corrected chi connectivity index (χ2v) is 7.99. The molecule has 1 aromatic rings. The zero-order valence-electron chi connectivity index (χ0n) is 13.9. The molecule has 0 bridgehead atoms. The molecular weight excluding hydrogens is 334 g/mol. The van der Waals surface area contributed by atoms with Gasteiger partial charge in [-0.2, -0.15) is 4.31 Å². The minimum atomic E-state index is -4.17. The fourth-order valence-electron chi connectivity index (χ4n) is 2.12. The van der Waals surface area contributed by atoms with Crippen LogP contribution >= 0.6 is 0 Å². The van der Waals surface area contributed by atoms with E-state index in [2.05, 4.69) is 4.74 Å². The van der Waals surface area contributed by atoms with Crippen LogP contribution in [-0.2, 0) is 19.5 Å². The van der Waals surface area contributed by atoms with E-state index < -0.39 is 27.7 Å². The third kappa shape index (κ3) is 3.59. The number of amides is 1. The van der Waals surface area contributed by atoms with Crippen LogP contribution in [0.5, 0.6) is 0 Å². The van der Waals surface area contributed by atoms with E-state index in [0.717, 1.165) is 0 Å². The molecule has 0 aliphatic carbocycles. The van der Waals surface area contributed by atoms with Crippen molar-refractivity contribution in [2.24, 2.45) is 0 Å². The number of carbonyl (C=O) groups is 2. The number of fused-ring (bicyclic) bond motifs is 1. The van der Waals surface area contributed by atoms with Crippen LogP contribution in [0.25, 0.3) is 6.08 Å². The molecule has 130 valence electrons. The van der Waals surface area contributed by atoms with Crippen molar-refractivity contribution in [2.45, 2.75) is 31.3 Å². The van der Waals surface area contributed by atoms with Gasteiger partial charge in [-0.1, -0.05) is 18.2 Å². The van der Waals surface area contributed by atoms with Gasteiger partial charge in [0.1, 0.15) is 5.60 Å². The summed E-state index contributed by atoms with van der Waals surface area (Å²) in [7, 11) is -2.96. The topological polar surface area (TPSA) is 90.0 Å². The van der Waals surface area contributed by atoms with Gasteiger partial charge in [0.05, 0.1) is 24.1 Å². The maximum atomic E-state index is 12.8. The summed E-state index contributed by atoms with van der Waals surface area (Å²) >= 11 is 0. The molecule has 24 heavy (non-hydrogen) atoms. The van der Waals surface area contributed by atoms with Crippen molar-refractivity contribution in [3.8, 4) is 0 Å². The van der Waals surface area contributed by atoms with Crippen LogP contribution in [0.15, 0.2) is 29.2 Å². The fraction of sp³-hybridized carbons (Fsp3) is 0.375. The molecule has 7 nitrogen and oxygen atoms in total. The van der Waals surface area contributed by atoms with Crippen molar-refractivity contribution in [2.75, 3.05) is 13.7 Å². The first-order valence-corrected chi connectivity index (χ1v) is 8.65.